The van der Waals surface area contributed by atoms with Crippen LogP contribution in [0.4, 0.5) is 0 Å². The maximum atomic E-state index is 5.18. The third-order valence-corrected chi connectivity index (χ3v) is 4.13. The molecule has 1 heterocycles. The highest BCUT2D eigenvalue weighted by Crippen LogP contribution is 2.13. The molecule has 1 aromatic carbocycles. The fraction of sp³-hybridized carbons (Fsp3) is 0.647. The zero-order valence-corrected chi connectivity index (χ0v) is 12.9. The molecule has 1 aliphatic rings. The summed E-state index contributed by atoms with van der Waals surface area (Å²) in [6.07, 6.45) is 4.96. The number of piperidine rings is 1. The molecule has 0 amide bonds. The van der Waals surface area contributed by atoms with Crippen molar-refractivity contribution in [2.24, 2.45) is 0 Å². The summed E-state index contributed by atoms with van der Waals surface area (Å²) in [5.74, 6) is 0.935. The fourth-order valence-electron chi connectivity index (χ4n) is 2.89. The second-order valence-corrected chi connectivity index (χ2v) is 5.67. The second-order valence-electron chi connectivity index (χ2n) is 5.67. The zero-order chi connectivity index (χ0) is 14.2. The molecule has 20 heavy (non-hydrogen) atoms. The molecular formula is C17H28N2O. The van der Waals surface area contributed by atoms with Crippen molar-refractivity contribution >= 4 is 0 Å². The highest BCUT2D eigenvalue weighted by Gasteiger charge is 2.17. The van der Waals surface area contributed by atoms with Crippen LogP contribution in [0.25, 0.3) is 0 Å². The Labute approximate surface area is 123 Å². The first-order valence-corrected chi connectivity index (χ1v) is 7.90. The highest BCUT2D eigenvalue weighted by atomic mass is 16.5. The molecule has 0 aromatic heterocycles. The van der Waals surface area contributed by atoms with Gasteiger partial charge in [-0.1, -0.05) is 19.1 Å². The van der Waals surface area contributed by atoms with Crippen LogP contribution in [0.15, 0.2) is 24.3 Å². The van der Waals surface area contributed by atoms with Crippen molar-refractivity contribution in [3.05, 3.63) is 29.8 Å². The fourth-order valence-corrected chi connectivity index (χ4v) is 2.89. The molecule has 0 unspecified atom stereocenters. The van der Waals surface area contributed by atoms with Gasteiger partial charge < -0.3 is 15.0 Å². The molecule has 1 fully saturated rings. The van der Waals surface area contributed by atoms with Crippen LogP contribution < -0.4 is 10.1 Å². The zero-order valence-electron chi connectivity index (χ0n) is 12.9. The summed E-state index contributed by atoms with van der Waals surface area (Å²) < 4.78 is 5.18. The average molecular weight is 276 g/mol. The van der Waals surface area contributed by atoms with Crippen molar-refractivity contribution in [1.82, 2.24) is 10.2 Å². The molecule has 3 nitrogen and oxygen atoms in total. The van der Waals surface area contributed by atoms with Crippen molar-refractivity contribution in [2.45, 2.75) is 38.6 Å². The summed E-state index contributed by atoms with van der Waals surface area (Å²) in [5.41, 5.74) is 1.38. The van der Waals surface area contributed by atoms with Crippen molar-refractivity contribution in [3.63, 3.8) is 0 Å². The van der Waals surface area contributed by atoms with E-state index < -0.39 is 0 Å². The smallest absolute Gasteiger partial charge is 0.118 e. The first kappa shape index (κ1) is 15.3. The Morgan fingerprint density at radius 3 is 2.50 bits per heavy atom. The maximum Gasteiger partial charge on any atom is 0.118 e. The lowest BCUT2D eigenvalue weighted by molar-refractivity contribution is 0.198. The van der Waals surface area contributed by atoms with E-state index >= 15 is 0 Å². The van der Waals surface area contributed by atoms with E-state index in [0.717, 1.165) is 18.7 Å². The highest BCUT2D eigenvalue weighted by molar-refractivity contribution is 5.27. The van der Waals surface area contributed by atoms with E-state index in [0.29, 0.717) is 6.04 Å². The van der Waals surface area contributed by atoms with E-state index in [2.05, 4.69) is 29.3 Å². The van der Waals surface area contributed by atoms with Crippen LogP contribution in [0.2, 0.25) is 0 Å². The van der Waals surface area contributed by atoms with Crippen LogP contribution in [0.3, 0.4) is 0 Å². The van der Waals surface area contributed by atoms with Crippen molar-refractivity contribution < 1.29 is 4.74 Å². The van der Waals surface area contributed by atoms with Gasteiger partial charge in [0.05, 0.1) is 7.11 Å². The number of methoxy groups -OCH3 is 1. The first-order chi connectivity index (χ1) is 9.81. The Morgan fingerprint density at radius 2 is 1.90 bits per heavy atom. The van der Waals surface area contributed by atoms with Gasteiger partial charge in [0, 0.05) is 6.04 Å². The number of ether oxygens (including phenoxy) is 1. The Balaban J connectivity index is 1.63. The minimum Gasteiger partial charge on any atom is -0.497 e. The predicted molar refractivity (Wildman–Crippen MR) is 84.5 cm³/mol. The summed E-state index contributed by atoms with van der Waals surface area (Å²) in [6, 6.07) is 9.10. The lowest BCUT2D eigenvalue weighted by Gasteiger charge is -2.32. The third kappa shape index (κ3) is 4.80. The van der Waals surface area contributed by atoms with Gasteiger partial charge in [0.15, 0.2) is 0 Å². The summed E-state index contributed by atoms with van der Waals surface area (Å²) in [6.45, 7) is 7.12. The van der Waals surface area contributed by atoms with Gasteiger partial charge in [0.25, 0.3) is 0 Å². The Bertz CT molecular complexity index is 369. The van der Waals surface area contributed by atoms with Gasteiger partial charge in [-0.2, -0.15) is 0 Å². The maximum absolute atomic E-state index is 5.18. The minimum absolute atomic E-state index is 0.710. The van der Waals surface area contributed by atoms with Crippen LogP contribution in [0.1, 0.15) is 31.7 Å². The number of hydrogen-bond acceptors (Lipinski definition) is 3. The third-order valence-electron chi connectivity index (χ3n) is 4.13. The molecule has 0 aliphatic carbocycles. The lowest BCUT2D eigenvalue weighted by atomic mass is 10.0. The molecule has 0 saturated carbocycles. The predicted octanol–water partition coefficient (Wildman–Crippen LogP) is 2.70. The number of rotatable bonds is 7. The van der Waals surface area contributed by atoms with Crippen molar-refractivity contribution in [2.75, 3.05) is 33.3 Å². The van der Waals surface area contributed by atoms with Crippen LogP contribution in [-0.2, 0) is 6.42 Å². The first-order valence-electron chi connectivity index (χ1n) is 7.90. The Morgan fingerprint density at radius 1 is 1.20 bits per heavy atom. The van der Waals surface area contributed by atoms with E-state index in [-0.39, 0.29) is 0 Å². The number of hydrogen-bond donors (Lipinski definition) is 1. The van der Waals surface area contributed by atoms with Gasteiger partial charge in [0.2, 0.25) is 0 Å². The van der Waals surface area contributed by atoms with Crippen LogP contribution in [0, 0.1) is 0 Å². The van der Waals surface area contributed by atoms with Gasteiger partial charge in [-0.05, 0) is 69.6 Å². The van der Waals surface area contributed by atoms with Crippen LogP contribution >= 0.6 is 0 Å². The molecule has 0 radical (unpaired) electrons. The van der Waals surface area contributed by atoms with E-state index in [4.69, 9.17) is 4.74 Å². The molecule has 3 heteroatoms. The molecule has 0 bridgehead atoms. The van der Waals surface area contributed by atoms with E-state index in [1.54, 1.807) is 7.11 Å². The lowest BCUT2D eigenvalue weighted by Crippen LogP contribution is -2.43. The number of likely N-dealkylation sites (tertiary alicyclic amines) is 1. The molecule has 1 N–H and O–H groups in total. The minimum atomic E-state index is 0.710. The van der Waals surface area contributed by atoms with Crippen molar-refractivity contribution in [1.29, 1.82) is 0 Å². The monoisotopic (exact) mass is 276 g/mol. The van der Waals surface area contributed by atoms with E-state index in [1.807, 2.05) is 12.1 Å². The van der Waals surface area contributed by atoms with E-state index in [9.17, 15) is 0 Å². The SMILES string of the molecule is CCCN1CCC(NCCc2ccc(OC)cc2)CC1. The molecule has 1 saturated heterocycles. The summed E-state index contributed by atoms with van der Waals surface area (Å²) in [7, 11) is 1.71. The molecule has 1 aliphatic heterocycles. The normalized spacial score (nSPS) is 17.3. The Hall–Kier alpha value is -1.06. The molecular weight excluding hydrogens is 248 g/mol. The standard InChI is InChI=1S/C17H28N2O/c1-3-12-19-13-9-16(10-14-19)18-11-8-15-4-6-17(20-2)7-5-15/h4-7,16,18H,3,8-14H2,1-2H3. The molecule has 0 atom stereocenters. The molecule has 112 valence electrons. The van der Waals surface area contributed by atoms with Gasteiger partial charge in [-0.25, -0.2) is 0 Å². The summed E-state index contributed by atoms with van der Waals surface area (Å²) in [5, 5.41) is 3.70. The summed E-state index contributed by atoms with van der Waals surface area (Å²) in [4.78, 5) is 2.58. The molecule has 1 aromatic rings. The van der Waals surface area contributed by atoms with E-state index in [1.165, 1.54) is 44.5 Å². The van der Waals surface area contributed by atoms with Gasteiger partial charge in [-0.15, -0.1) is 0 Å². The van der Waals surface area contributed by atoms with Gasteiger partial charge in [0.1, 0.15) is 5.75 Å². The largest absolute Gasteiger partial charge is 0.497 e. The van der Waals surface area contributed by atoms with Crippen LogP contribution in [-0.4, -0.2) is 44.2 Å². The number of nitrogens with zero attached hydrogens (tertiary/aromatic N) is 1. The van der Waals surface area contributed by atoms with Gasteiger partial charge in [-0.3, -0.25) is 0 Å². The molecule has 2 rings (SSSR count). The Kier molecular flexibility index (Phi) is 6.34. The average Bonchev–Trinajstić information content (AvgIpc) is 2.50. The number of nitrogens with one attached hydrogen (secondary N) is 1. The van der Waals surface area contributed by atoms with Crippen LogP contribution in [0.5, 0.6) is 5.75 Å². The number of benzene rings is 1. The quantitative estimate of drug-likeness (QED) is 0.828. The van der Waals surface area contributed by atoms with Crippen molar-refractivity contribution in [3.8, 4) is 5.75 Å². The topological polar surface area (TPSA) is 24.5 Å². The second kappa shape index (κ2) is 8.28. The van der Waals surface area contributed by atoms with Gasteiger partial charge >= 0.3 is 0 Å². The summed E-state index contributed by atoms with van der Waals surface area (Å²) >= 11 is 0. The molecule has 0 spiro atoms.